The van der Waals surface area contributed by atoms with Crippen molar-refractivity contribution < 1.29 is 14.7 Å². The molecule has 3 N–H and O–H groups in total. The predicted octanol–water partition coefficient (Wildman–Crippen LogP) is 0.491. The van der Waals surface area contributed by atoms with Crippen molar-refractivity contribution in [2.45, 2.75) is 32.2 Å². The molecule has 0 fully saturated rings. The van der Waals surface area contributed by atoms with E-state index in [9.17, 15) is 9.59 Å². The molecule has 0 saturated heterocycles. The van der Waals surface area contributed by atoms with Gasteiger partial charge in [-0.25, -0.2) is 4.79 Å². The fourth-order valence-electron chi connectivity index (χ4n) is 1.09. The molecule has 0 radical (unpaired) electrons. The van der Waals surface area contributed by atoms with Crippen LogP contribution in [0.3, 0.4) is 0 Å². The van der Waals surface area contributed by atoms with Gasteiger partial charge in [0.15, 0.2) is 0 Å². The molecule has 0 aliphatic carbocycles. The molecule has 0 spiro atoms. The molecule has 0 aromatic rings. The highest BCUT2D eigenvalue weighted by Crippen LogP contribution is 1.93. The Morgan fingerprint density at radius 1 is 1.24 bits per heavy atom. The van der Waals surface area contributed by atoms with Gasteiger partial charge in [0.2, 0.25) is 0 Å². The van der Waals surface area contributed by atoms with Crippen LogP contribution in [-0.4, -0.2) is 55.2 Å². The fourth-order valence-corrected chi connectivity index (χ4v) is 1.09. The zero-order valence-corrected chi connectivity index (χ0v) is 10.8. The first-order valence-electron chi connectivity index (χ1n) is 5.83. The minimum atomic E-state index is -0.797. The summed E-state index contributed by atoms with van der Waals surface area (Å²) in [5.41, 5.74) is 0. The lowest BCUT2D eigenvalue weighted by Crippen LogP contribution is -2.43. The molecule has 6 nitrogen and oxygen atoms in total. The summed E-state index contributed by atoms with van der Waals surface area (Å²) in [6.45, 7) is 3.12. The number of hydrogen-bond donors (Lipinski definition) is 3. The number of amides is 2. The van der Waals surface area contributed by atoms with Crippen LogP contribution < -0.4 is 10.6 Å². The van der Waals surface area contributed by atoms with Crippen LogP contribution >= 0.6 is 0 Å². The Morgan fingerprint density at radius 2 is 1.88 bits per heavy atom. The molecule has 100 valence electrons. The number of carbonyl (C=O) groups excluding carboxylic acids is 1. The maximum atomic E-state index is 11.3. The average Bonchev–Trinajstić information content (AvgIpc) is 2.24. The van der Waals surface area contributed by atoms with Crippen molar-refractivity contribution in [3.05, 3.63) is 0 Å². The SMILES string of the molecule is CC(CNC(=O)NCCCCC(=O)O)N(C)C. The second-order valence-corrected chi connectivity index (χ2v) is 4.30. The minimum Gasteiger partial charge on any atom is -0.481 e. The highest BCUT2D eigenvalue weighted by atomic mass is 16.4. The summed E-state index contributed by atoms with van der Waals surface area (Å²) in [7, 11) is 3.91. The standard InChI is InChI=1S/C11H23N3O3/c1-9(14(2)3)8-13-11(17)12-7-5-4-6-10(15)16/h9H,4-8H2,1-3H3,(H,15,16)(H2,12,13,17). The highest BCUT2D eigenvalue weighted by Gasteiger charge is 2.06. The Labute approximate surface area is 102 Å². The first kappa shape index (κ1) is 15.7. The maximum absolute atomic E-state index is 11.3. The molecule has 0 bridgehead atoms. The topological polar surface area (TPSA) is 81.7 Å². The van der Waals surface area contributed by atoms with Gasteiger partial charge in [-0.1, -0.05) is 0 Å². The summed E-state index contributed by atoms with van der Waals surface area (Å²) < 4.78 is 0. The molecule has 17 heavy (non-hydrogen) atoms. The van der Waals surface area contributed by atoms with Gasteiger partial charge in [-0.2, -0.15) is 0 Å². The normalized spacial score (nSPS) is 12.2. The zero-order chi connectivity index (χ0) is 13.3. The molecule has 1 unspecified atom stereocenters. The number of carboxylic acids is 1. The molecule has 0 aliphatic rings. The van der Waals surface area contributed by atoms with Crippen molar-refractivity contribution in [3.63, 3.8) is 0 Å². The van der Waals surface area contributed by atoms with E-state index in [1.165, 1.54) is 0 Å². The number of carbonyl (C=O) groups is 2. The van der Waals surface area contributed by atoms with Gasteiger partial charge in [-0.15, -0.1) is 0 Å². The van der Waals surface area contributed by atoms with Gasteiger partial charge in [-0.3, -0.25) is 4.79 Å². The molecular weight excluding hydrogens is 222 g/mol. The third-order valence-corrected chi connectivity index (χ3v) is 2.54. The number of aliphatic carboxylic acids is 1. The van der Waals surface area contributed by atoms with Gasteiger partial charge >= 0.3 is 12.0 Å². The Balaban J connectivity index is 3.44. The van der Waals surface area contributed by atoms with E-state index < -0.39 is 5.97 Å². The lowest BCUT2D eigenvalue weighted by molar-refractivity contribution is -0.137. The van der Waals surface area contributed by atoms with Crippen molar-refractivity contribution in [2.24, 2.45) is 0 Å². The smallest absolute Gasteiger partial charge is 0.314 e. The van der Waals surface area contributed by atoms with Crippen molar-refractivity contribution >= 4 is 12.0 Å². The van der Waals surface area contributed by atoms with Crippen LogP contribution in [0.15, 0.2) is 0 Å². The summed E-state index contributed by atoms with van der Waals surface area (Å²) in [6.07, 6.45) is 1.42. The van der Waals surface area contributed by atoms with Gasteiger partial charge in [-0.05, 0) is 33.9 Å². The van der Waals surface area contributed by atoms with E-state index in [1.807, 2.05) is 25.9 Å². The monoisotopic (exact) mass is 245 g/mol. The number of nitrogens with zero attached hydrogens (tertiary/aromatic N) is 1. The van der Waals surface area contributed by atoms with Crippen LogP contribution in [0.2, 0.25) is 0 Å². The van der Waals surface area contributed by atoms with E-state index in [0.717, 1.165) is 0 Å². The van der Waals surface area contributed by atoms with E-state index in [4.69, 9.17) is 5.11 Å². The Hall–Kier alpha value is -1.30. The van der Waals surface area contributed by atoms with E-state index >= 15 is 0 Å². The molecular formula is C11H23N3O3. The number of likely N-dealkylation sites (N-methyl/N-ethyl adjacent to an activating group) is 1. The van der Waals surface area contributed by atoms with Gasteiger partial charge in [0.05, 0.1) is 0 Å². The van der Waals surface area contributed by atoms with Crippen molar-refractivity contribution in [2.75, 3.05) is 27.2 Å². The third-order valence-electron chi connectivity index (χ3n) is 2.54. The summed E-state index contributed by atoms with van der Waals surface area (Å²) in [5, 5.41) is 13.9. The number of urea groups is 1. The lowest BCUT2D eigenvalue weighted by Gasteiger charge is -2.20. The minimum absolute atomic E-state index is 0.154. The summed E-state index contributed by atoms with van der Waals surface area (Å²) in [4.78, 5) is 23.6. The molecule has 0 heterocycles. The molecule has 0 aromatic carbocycles. The van der Waals surface area contributed by atoms with Crippen LogP contribution in [0, 0.1) is 0 Å². The fraction of sp³-hybridized carbons (Fsp3) is 0.818. The largest absolute Gasteiger partial charge is 0.481 e. The van der Waals surface area contributed by atoms with Gasteiger partial charge in [0, 0.05) is 25.6 Å². The first-order valence-corrected chi connectivity index (χ1v) is 5.83. The van der Waals surface area contributed by atoms with Crippen LogP contribution in [-0.2, 0) is 4.79 Å². The molecule has 0 saturated carbocycles. The van der Waals surface area contributed by atoms with E-state index in [0.29, 0.717) is 25.9 Å². The summed E-state index contributed by atoms with van der Waals surface area (Å²) in [6, 6.07) is 0.0850. The first-order chi connectivity index (χ1) is 7.93. The second kappa shape index (κ2) is 8.81. The quantitative estimate of drug-likeness (QED) is 0.544. The molecule has 0 aromatic heterocycles. The number of nitrogens with one attached hydrogen (secondary N) is 2. The van der Waals surface area contributed by atoms with Crippen LogP contribution in [0.1, 0.15) is 26.2 Å². The van der Waals surface area contributed by atoms with Crippen LogP contribution in [0.5, 0.6) is 0 Å². The maximum Gasteiger partial charge on any atom is 0.314 e. The lowest BCUT2D eigenvalue weighted by atomic mass is 10.2. The second-order valence-electron chi connectivity index (χ2n) is 4.30. The summed E-state index contributed by atoms with van der Waals surface area (Å²) >= 11 is 0. The van der Waals surface area contributed by atoms with E-state index in [2.05, 4.69) is 10.6 Å². The van der Waals surface area contributed by atoms with E-state index in [1.54, 1.807) is 0 Å². The third kappa shape index (κ3) is 9.62. The van der Waals surface area contributed by atoms with Gasteiger partial charge in [0.25, 0.3) is 0 Å². The average molecular weight is 245 g/mol. The molecule has 2 amide bonds. The Kier molecular flexibility index (Phi) is 8.13. The van der Waals surface area contributed by atoms with Crippen molar-refractivity contribution in [1.82, 2.24) is 15.5 Å². The molecule has 6 heteroatoms. The Bertz CT molecular complexity index is 244. The van der Waals surface area contributed by atoms with Crippen LogP contribution in [0.25, 0.3) is 0 Å². The van der Waals surface area contributed by atoms with E-state index in [-0.39, 0.29) is 18.5 Å². The number of hydrogen-bond acceptors (Lipinski definition) is 3. The molecule has 0 rings (SSSR count). The van der Waals surface area contributed by atoms with Crippen molar-refractivity contribution in [3.8, 4) is 0 Å². The number of rotatable bonds is 8. The molecule has 0 aliphatic heterocycles. The summed E-state index contributed by atoms with van der Waals surface area (Å²) in [5.74, 6) is -0.797. The van der Waals surface area contributed by atoms with Crippen LogP contribution in [0.4, 0.5) is 4.79 Å². The number of unbranched alkanes of at least 4 members (excludes halogenated alkanes) is 1. The highest BCUT2D eigenvalue weighted by molar-refractivity contribution is 5.73. The molecule has 1 atom stereocenters. The van der Waals surface area contributed by atoms with Gasteiger partial charge in [0.1, 0.15) is 0 Å². The van der Waals surface area contributed by atoms with Crippen molar-refractivity contribution in [1.29, 1.82) is 0 Å². The predicted molar refractivity (Wildman–Crippen MR) is 66.0 cm³/mol. The number of carboxylic acid groups (broad SMARTS) is 1. The zero-order valence-electron chi connectivity index (χ0n) is 10.8. The van der Waals surface area contributed by atoms with Gasteiger partial charge < -0.3 is 20.6 Å². The Morgan fingerprint density at radius 3 is 2.41 bits per heavy atom.